The third-order valence-electron chi connectivity index (χ3n) is 7.43. The quantitative estimate of drug-likeness (QED) is 0.262. The van der Waals surface area contributed by atoms with Crippen molar-refractivity contribution >= 4 is 40.5 Å². The molecule has 0 spiro atoms. The predicted octanol–water partition coefficient (Wildman–Crippen LogP) is 7.26. The number of hydrogen-bond donors (Lipinski definition) is 2. The minimum absolute atomic E-state index is 0.0292. The molecule has 1 aliphatic rings. The molecule has 2 aromatic heterocycles. The fraction of sp³-hybridized carbons (Fsp3) is 0.312. The molecule has 4 aromatic rings. The fourth-order valence-corrected chi connectivity index (χ4v) is 5.88. The molecule has 2 aromatic carbocycles. The Morgan fingerprint density at radius 1 is 1.00 bits per heavy atom. The third-order valence-corrected chi connectivity index (χ3v) is 8.67. The maximum Gasteiger partial charge on any atom is 0.265 e. The molecule has 1 aliphatic carbocycles. The van der Waals surface area contributed by atoms with Gasteiger partial charge in [-0.2, -0.15) is 0 Å². The van der Waals surface area contributed by atoms with Crippen LogP contribution in [0.5, 0.6) is 0 Å². The number of nitrogens with one attached hydrogen (secondary N) is 2. The van der Waals surface area contributed by atoms with Crippen molar-refractivity contribution in [3.05, 3.63) is 87.2 Å². The summed E-state index contributed by atoms with van der Waals surface area (Å²) in [6, 6.07) is 17.1. The van der Waals surface area contributed by atoms with Crippen LogP contribution in [0.3, 0.4) is 0 Å². The highest BCUT2D eigenvalue weighted by Crippen LogP contribution is 2.32. The van der Waals surface area contributed by atoms with Gasteiger partial charge in [0.25, 0.3) is 11.8 Å². The Balaban J connectivity index is 1.31. The van der Waals surface area contributed by atoms with E-state index in [1.54, 1.807) is 34.6 Å². The Kier molecular flexibility index (Phi) is 7.72. The lowest BCUT2D eigenvalue weighted by Gasteiger charge is -2.32. The number of aromatic nitrogens is 2. The Hall–Kier alpha value is -4.04. The second-order valence-electron chi connectivity index (χ2n) is 11.2. The van der Waals surface area contributed by atoms with Crippen molar-refractivity contribution in [1.29, 1.82) is 0 Å². The van der Waals surface area contributed by atoms with Crippen LogP contribution >= 0.6 is 11.3 Å². The van der Waals surface area contributed by atoms with Crippen molar-refractivity contribution in [3.8, 4) is 11.3 Å². The summed E-state index contributed by atoms with van der Waals surface area (Å²) in [7, 11) is 1.81. The normalized spacial score (nSPS) is 12.9. The zero-order valence-corrected chi connectivity index (χ0v) is 24.5. The first-order chi connectivity index (χ1) is 19.1. The van der Waals surface area contributed by atoms with Gasteiger partial charge in [-0.05, 0) is 107 Å². The second-order valence-corrected chi connectivity index (χ2v) is 12.3. The highest BCUT2D eigenvalue weighted by molar-refractivity contribution is 7.14. The van der Waals surface area contributed by atoms with Crippen LogP contribution in [-0.2, 0) is 12.8 Å². The fourth-order valence-electron chi connectivity index (χ4n) is 4.73. The molecule has 0 bridgehead atoms. The minimum Gasteiger partial charge on any atom is -0.337 e. The van der Waals surface area contributed by atoms with Gasteiger partial charge in [0.1, 0.15) is 0 Å². The first-order valence-electron chi connectivity index (χ1n) is 13.6. The molecule has 40 heavy (non-hydrogen) atoms. The maximum absolute atomic E-state index is 13.1. The zero-order chi connectivity index (χ0) is 28.4. The van der Waals surface area contributed by atoms with Crippen molar-refractivity contribution < 1.29 is 9.59 Å². The highest BCUT2D eigenvalue weighted by Gasteiger charge is 2.23. The number of anilines is 3. The van der Waals surface area contributed by atoms with E-state index in [2.05, 4.69) is 21.7 Å². The van der Waals surface area contributed by atoms with E-state index in [-0.39, 0.29) is 17.4 Å². The number of hydrogen-bond acceptors (Lipinski definition) is 6. The average molecular weight is 554 g/mol. The van der Waals surface area contributed by atoms with Gasteiger partial charge in [-0.3, -0.25) is 9.59 Å². The molecule has 7 nitrogen and oxygen atoms in total. The zero-order valence-electron chi connectivity index (χ0n) is 23.7. The molecule has 0 unspecified atom stereocenters. The van der Waals surface area contributed by atoms with Crippen molar-refractivity contribution in [2.75, 3.05) is 17.7 Å². The Bertz CT molecular complexity index is 1530. The second kappa shape index (κ2) is 11.2. The van der Waals surface area contributed by atoms with Crippen LogP contribution in [-0.4, -0.2) is 39.3 Å². The monoisotopic (exact) mass is 553 g/mol. The summed E-state index contributed by atoms with van der Waals surface area (Å²) in [6.45, 7) is 8.01. The molecule has 206 valence electrons. The van der Waals surface area contributed by atoms with E-state index in [1.165, 1.54) is 23.3 Å². The number of nitrogens with zero attached hydrogens (tertiary/aromatic N) is 3. The largest absolute Gasteiger partial charge is 0.337 e. The van der Waals surface area contributed by atoms with E-state index in [4.69, 9.17) is 4.98 Å². The van der Waals surface area contributed by atoms with Crippen molar-refractivity contribution in [1.82, 2.24) is 14.9 Å². The SMILES string of the molecule is Cc1c(NC(=O)c2cc3c(s2)CCCC3)cccc1-c1ccnc(Nc2ccc(C(=O)N(C)C(C)(C)C)cc2)n1. The molecule has 5 rings (SSSR count). The van der Waals surface area contributed by atoms with E-state index in [0.29, 0.717) is 11.5 Å². The number of aryl methyl sites for hydroxylation is 2. The molecule has 0 saturated heterocycles. The van der Waals surface area contributed by atoms with Gasteiger partial charge in [0.2, 0.25) is 5.95 Å². The summed E-state index contributed by atoms with van der Waals surface area (Å²) >= 11 is 1.61. The number of carbonyl (C=O) groups is 2. The standard InChI is InChI=1S/C32H35N5O2S/c1-20-24(10-8-11-25(20)35-29(38)28-19-22-9-6-7-12-27(22)40-28)26-17-18-33-31(36-26)34-23-15-13-21(14-16-23)30(39)37(5)32(2,3)4/h8,10-11,13-19H,6-7,9,12H2,1-5H3,(H,35,38)(H,33,34,36). The summed E-state index contributed by atoms with van der Waals surface area (Å²) in [5, 5.41) is 6.35. The van der Waals surface area contributed by atoms with Gasteiger partial charge in [0.05, 0.1) is 10.6 Å². The topological polar surface area (TPSA) is 87.2 Å². The Labute approximate surface area is 239 Å². The molecule has 0 aliphatic heterocycles. The number of benzene rings is 2. The molecule has 0 saturated carbocycles. The van der Waals surface area contributed by atoms with Crippen molar-refractivity contribution in [2.45, 2.75) is 58.9 Å². The lowest BCUT2D eigenvalue weighted by atomic mass is 9.99. The highest BCUT2D eigenvalue weighted by atomic mass is 32.1. The number of fused-ring (bicyclic) bond motifs is 1. The van der Waals surface area contributed by atoms with E-state index in [9.17, 15) is 9.59 Å². The van der Waals surface area contributed by atoms with Crippen LogP contribution in [0.1, 0.15) is 69.6 Å². The summed E-state index contributed by atoms with van der Waals surface area (Å²) in [4.78, 5) is 38.8. The maximum atomic E-state index is 13.1. The van der Waals surface area contributed by atoms with E-state index in [0.717, 1.165) is 45.9 Å². The third kappa shape index (κ3) is 5.92. The number of carbonyl (C=O) groups excluding carboxylic acids is 2. The van der Waals surface area contributed by atoms with E-state index >= 15 is 0 Å². The van der Waals surface area contributed by atoms with Gasteiger partial charge >= 0.3 is 0 Å². The lowest BCUT2D eigenvalue weighted by Crippen LogP contribution is -2.42. The summed E-state index contributed by atoms with van der Waals surface area (Å²) < 4.78 is 0. The molecule has 0 radical (unpaired) electrons. The van der Waals surface area contributed by atoms with Crippen molar-refractivity contribution in [2.24, 2.45) is 0 Å². The van der Waals surface area contributed by atoms with Crippen LogP contribution in [0.25, 0.3) is 11.3 Å². The summed E-state index contributed by atoms with van der Waals surface area (Å²) in [5.41, 5.74) is 5.83. The van der Waals surface area contributed by atoms with Crippen LogP contribution in [0.15, 0.2) is 60.8 Å². The van der Waals surface area contributed by atoms with Gasteiger partial charge < -0.3 is 15.5 Å². The number of rotatable bonds is 6. The molecule has 0 fully saturated rings. The predicted molar refractivity (Wildman–Crippen MR) is 163 cm³/mol. The number of thiophene rings is 1. The van der Waals surface area contributed by atoms with Gasteiger partial charge in [-0.15, -0.1) is 11.3 Å². The first-order valence-corrected chi connectivity index (χ1v) is 14.4. The number of amides is 2. The van der Waals surface area contributed by atoms with E-state index < -0.39 is 0 Å². The summed E-state index contributed by atoms with van der Waals surface area (Å²) in [6.07, 6.45) is 6.24. The van der Waals surface area contributed by atoms with Crippen LogP contribution in [0, 0.1) is 6.92 Å². The van der Waals surface area contributed by atoms with Gasteiger partial charge in [-0.25, -0.2) is 9.97 Å². The van der Waals surface area contributed by atoms with Crippen LogP contribution in [0.4, 0.5) is 17.3 Å². The van der Waals surface area contributed by atoms with E-state index in [1.807, 2.05) is 71.1 Å². The van der Waals surface area contributed by atoms with Gasteiger partial charge in [0.15, 0.2) is 0 Å². The smallest absolute Gasteiger partial charge is 0.265 e. The Morgan fingerprint density at radius 3 is 2.48 bits per heavy atom. The lowest BCUT2D eigenvalue weighted by molar-refractivity contribution is 0.0655. The minimum atomic E-state index is -0.260. The Morgan fingerprint density at radius 2 is 1.75 bits per heavy atom. The molecule has 2 heterocycles. The van der Waals surface area contributed by atoms with Crippen LogP contribution < -0.4 is 10.6 Å². The van der Waals surface area contributed by atoms with Crippen LogP contribution in [0.2, 0.25) is 0 Å². The first kappa shape index (κ1) is 27.5. The molecule has 2 amide bonds. The summed E-state index contributed by atoms with van der Waals surface area (Å²) in [5.74, 6) is 0.347. The van der Waals surface area contributed by atoms with Gasteiger partial charge in [-0.1, -0.05) is 12.1 Å². The van der Waals surface area contributed by atoms with Gasteiger partial charge in [0, 0.05) is 46.2 Å². The average Bonchev–Trinajstić information content (AvgIpc) is 3.38. The molecule has 0 atom stereocenters. The molecular weight excluding hydrogens is 518 g/mol. The molecular formula is C32H35N5O2S. The molecule has 2 N–H and O–H groups in total. The van der Waals surface area contributed by atoms with Crippen molar-refractivity contribution in [3.63, 3.8) is 0 Å². The molecule has 8 heteroatoms.